The number of para-hydroxylation sites is 1. The van der Waals surface area contributed by atoms with E-state index in [9.17, 15) is 9.90 Å². The lowest BCUT2D eigenvalue weighted by molar-refractivity contribution is 0.0916. The summed E-state index contributed by atoms with van der Waals surface area (Å²) in [5.41, 5.74) is 1.03. The molecule has 5 nitrogen and oxygen atoms in total. The Labute approximate surface area is 176 Å². The maximum Gasteiger partial charge on any atom is 0.262 e. The molecule has 8 heteroatoms. The first-order valence-electron chi connectivity index (χ1n) is 9.18. The van der Waals surface area contributed by atoms with E-state index >= 15 is 0 Å². The Morgan fingerprint density at radius 3 is 2.89 bits per heavy atom. The van der Waals surface area contributed by atoms with Crippen molar-refractivity contribution in [2.75, 3.05) is 6.61 Å². The number of halogens is 2. The van der Waals surface area contributed by atoms with Gasteiger partial charge in [0.2, 0.25) is 0 Å². The number of benzene rings is 1. The van der Waals surface area contributed by atoms with Gasteiger partial charge >= 0.3 is 0 Å². The molecule has 0 aliphatic heterocycles. The molecule has 0 amide bonds. The highest BCUT2D eigenvalue weighted by atomic mass is 35.5. The van der Waals surface area contributed by atoms with Gasteiger partial charge in [-0.1, -0.05) is 36.2 Å². The lowest BCUT2D eigenvalue weighted by Gasteiger charge is -2.18. The molecule has 0 radical (unpaired) electrons. The molecule has 0 saturated carbocycles. The number of thiophene rings is 1. The number of fused-ring (bicyclic) bond motifs is 3. The highest BCUT2D eigenvalue weighted by molar-refractivity contribution is 7.18. The average molecular weight is 439 g/mol. The van der Waals surface area contributed by atoms with E-state index in [1.807, 2.05) is 0 Å². The topological polar surface area (TPSA) is 64.3 Å². The molecule has 4 rings (SSSR count). The van der Waals surface area contributed by atoms with Crippen molar-refractivity contribution >= 4 is 44.8 Å². The number of aromatic nitrogens is 2. The van der Waals surface area contributed by atoms with E-state index in [1.165, 1.54) is 15.8 Å². The molecule has 2 atom stereocenters. The van der Waals surface area contributed by atoms with Gasteiger partial charge in [0.1, 0.15) is 17.5 Å². The number of ether oxygens (including phenoxy) is 1. The maximum atomic E-state index is 13.0. The third kappa shape index (κ3) is 3.79. The molecule has 2 unspecified atom stereocenters. The Morgan fingerprint density at radius 1 is 1.39 bits per heavy atom. The Bertz CT molecular complexity index is 1060. The fourth-order valence-electron chi connectivity index (χ4n) is 3.58. The van der Waals surface area contributed by atoms with Crippen LogP contribution in [0.4, 0.5) is 0 Å². The molecule has 1 N–H and O–H groups in total. The van der Waals surface area contributed by atoms with Crippen LogP contribution in [0.2, 0.25) is 10.0 Å². The van der Waals surface area contributed by atoms with Crippen LogP contribution in [0.15, 0.2) is 29.3 Å². The zero-order valence-electron chi connectivity index (χ0n) is 15.3. The van der Waals surface area contributed by atoms with Crippen molar-refractivity contribution < 1.29 is 9.84 Å². The molecule has 28 heavy (non-hydrogen) atoms. The van der Waals surface area contributed by atoms with E-state index in [0.29, 0.717) is 27.1 Å². The van der Waals surface area contributed by atoms with Crippen LogP contribution in [0.5, 0.6) is 5.75 Å². The zero-order valence-corrected chi connectivity index (χ0v) is 17.7. The van der Waals surface area contributed by atoms with Gasteiger partial charge in [-0.15, -0.1) is 11.3 Å². The molecule has 1 aliphatic carbocycles. The summed E-state index contributed by atoms with van der Waals surface area (Å²) in [4.78, 5) is 19.5. The highest BCUT2D eigenvalue weighted by Gasteiger charge is 2.23. The zero-order chi connectivity index (χ0) is 19.8. The van der Waals surface area contributed by atoms with Crippen molar-refractivity contribution in [3.05, 3.63) is 55.4 Å². The Balaban J connectivity index is 1.53. The number of nitrogens with zero attached hydrogens (tertiary/aromatic N) is 2. The van der Waals surface area contributed by atoms with Crippen molar-refractivity contribution in [2.45, 2.75) is 38.8 Å². The van der Waals surface area contributed by atoms with Crippen LogP contribution in [0.25, 0.3) is 10.2 Å². The second-order valence-electron chi connectivity index (χ2n) is 7.25. The summed E-state index contributed by atoms with van der Waals surface area (Å²) >= 11 is 13.8. The molecule has 2 heterocycles. The van der Waals surface area contributed by atoms with Crippen molar-refractivity contribution in [2.24, 2.45) is 5.92 Å². The van der Waals surface area contributed by atoms with Crippen molar-refractivity contribution in [1.29, 1.82) is 0 Å². The monoisotopic (exact) mass is 438 g/mol. The first-order valence-corrected chi connectivity index (χ1v) is 10.8. The molecule has 3 aromatic rings. The maximum absolute atomic E-state index is 13.0. The minimum Gasteiger partial charge on any atom is -0.488 e. The Morgan fingerprint density at radius 2 is 2.14 bits per heavy atom. The molecule has 2 aromatic heterocycles. The molecule has 0 saturated heterocycles. The molecule has 0 fully saturated rings. The second-order valence-corrected chi connectivity index (χ2v) is 9.15. The SMILES string of the molecule is CC1CCc2c(sc3ncn(CC(O)COc4c(Cl)cccc4Cl)c(=O)c23)C1. The Kier molecular flexibility index (Phi) is 5.65. The quantitative estimate of drug-likeness (QED) is 0.643. The number of hydrogen-bond acceptors (Lipinski definition) is 5. The van der Waals surface area contributed by atoms with E-state index in [-0.39, 0.29) is 18.7 Å². The highest BCUT2D eigenvalue weighted by Crippen LogP contribution is 2.35. The molecular formula is C20H20Cl2N2O3S. The summed E-state index contributed by atoms with van der Waals surface area (Å²) in [5, 5.41) is 11.8. The van der Waals surface area contributed by atoms with Crippen molar-refractivity contribution in [1.82, 2.24) is 9.55 Å². The fourth-order valence-corrected chi connectivity index (χ4v) is 5.42. The predicted molar refractivity (Wildman–Crippen MR) is 113 cm³/mol. The summed E-state index contributed by atoms with van der Waals surface area (Å²) < 4.78 is 7.02. The van der Waals surface area contributed by atoms with E-state index in [2.05, 4.69) is 11.9 Å². The van der Waals surface area contributed by atoms with Crippen molar-refractivity contribution in [3.63, 3.8) is 0 Å². The number of aliphatic hydroxyl groups excluding tert-OH is 1. The largest absolute Gasteiger partial charge is 0.488 e. The molecule has 1 aliphatic rings. The Hall–Kier alpha value is -1.60. The first-order chi connectivity index (χ1) is 13.4. The van der Waals surface area contributed by atoms with Crippen LogP contribution in [-0.4, -0.2) is 27.4 Å². The van der Waals surface area contributed by atoms with Gasteiger partial charge in [0.15, 0.2) is 5.75 Å². The summed E-state index contributed by atoms with van der Waals surface area (Å²) in [6.07, 6.45) is 3.60. The van der Waals surface area contributed by atoms with Gasteiger partial charge in [0.05, 0.1) is 28.3 Å². The van der Waals surface area contributed by atoms with Gasteiger partial charge < -0.3 is 9.84 Å². The number of aryl methyl sites for hydroxylation is 1. The number of hydrogen-bond donors (Lipinski definition) is 1. The smallest absolute Gasteiger partial charge is 0.262 e. The van der Waals surface area contributed by atoms with Gasteiger partial charge in [-0.2, -0.15) is 0 Å². The van der Waals surface area contributed by atoms with Crippen LogP contribution < -0.4 is 10.3 Å². The predicted octanol–water partition coefficient (Wildman–Crippen LogP) is 4.33. The van der Waals surface area contributed by atoms with Crippen LogP contribution in [0.3, 0.4) is 0 Å². The van der Waals surface area contributed by atoms with Crippen LogP contribution >= 0.6 is 34.5 Å². The summed E-state index contributed by atoms with van der Waals surface area (Å²) in [7, 11) is 0. The van der Waals surface area contributed by atoms with E-state index < -0.39 is 6.10 Å². The normalized spacial score (nSPS) is 17.5. The van der Waals surface area contributed by atoms with Gasteiger partial charge in [-0.3, -0.25) is 9.36 Å². The molecular weight excluding hydrogens is 419 g/mol. The molecule has 148 valence electrons. The van der Waals surface area contributed by atoms with Gasteiger partial charge in [0.25, 0.3) is 5.56 Å². The van der Waals surface area contributed by atoms with E-state index in [1.54, 1.807) is 29.5 Å². The summed E-state index contributed by atoms with van der Waals surface area (Å²) in [5.74, 6) is 0.963. The van der Waals surface area contributed by atoms with E-state index in [0.717, 1.165) is 29.7 Å². The van der Waals surface area contributed by atoms with Gasteiger partial charge in [-0.05, 0) is 42.9 Å². The fraction of sp³-hybridized carbons (Fsp3) is 0.400. The van der Waals surface area contributed by atoms with Crippen molar-refractivity contribution in [3.8, 4) is 5.75 Å². The minimum atomic E-state index is -0.904. The van der Waals surface area contributed by atoms with E-state index in [4.69, 9.17) is 27.9 Å². The van der Waals surface area contributed by atoms with Crippen LogP contribution in [-0.2, 0) is 19.4 Å². The number of aliphatic hydroxyl groups is 1. The third-order valence-electron chi connectivity index (χ3n) is 5.03. The molecule has 1 aromatic carbocycles. The van der Waals surface area contributed by atoms with Gasteiger partial charge in [0, 0.05) is 4.88 Å². The molecule has 0 bridgehead atoms. The second kappa shape index (κ2) is 8.03. The standard InChI is InChI=1S/C20H20Cl2N2O3S/c1-11-5-6-13-16(7-11)28-19-17(13)20(26)24(10-23-19)8-12(25)9-27-18-14(21)3-2-4-15(18)22/h2-4,10-12,25H,5-9H2,1H3. The lowest BCUT2D eigenvalue weighted by Crippen LogP contribution is -2.30. The lowest BCUT2D eigenvalue weighted by atomic mass is 9.89. The summed E-state index contributed by atoms with van der Waals surface area (Å²) in [6, 6.07) is 5.05. The summed E-state index contributed by atoms with van der Waals surface area (Å²) in [6.45, 7) is 2.29. The first kappa shape index (κ1) is 19.7. The van der Waals surface area contributed by atoms with Crippen LogP contribution in [0.1, 0.15) is 23.8 Å². The van der Waals surface area contributed by atoms with Crippen LogP contribution in [0, 0.1) is 5.92 Å². The molecule has 0 spiro atoms. The average Bonchev–Trinajstić information content (AvgIpc) is 3.01. The third-order valence-corrected chi connectivity index (χ3v) is 6.79. The minimum absolute atomic E-state index is 0.0345. The van der Waals surface area contributed by atoms with Gasteiger partial charge in [-0.25, -0.2) is 4.98 Å². The number of rotatable bonds is 5.